The second kappa shape index (κ2) is 32.1. The summed E-state index contributed by atoms with van der Waals surface area (Å²) < 4.78 is 22.1. The summed E-state index contributed by atoms with van der Waals surface area (Å²) in [6.45, 7) is 3.39. The van der Waals surface area contributed by atoms with Crippen LogP contribution in [0.3, 0.4) is 0 Å². The summed E-state index contributed by atoms with van der Waals surface area (Å²) in [6, 6.07) is 0. The van der Waals surface area contributed by atoms with Crippen molar-refractivity contribution in [3.63, 3.8) is 0 Å². The molecule has 4 N–H and O–H groups in total. The van der Waals surface area contributed by atoms with E-state index in [4.69, 9.17) is 18.9 Å². The number of hydrogen-bond acceptors (Lipinski definition) is 10. The molecule has 1 rings (SSSR count). The van der Waals surface area contributed by atoms with Crippen molar-refractivity contribution in [1.29, 1.82) is 0 Å². The normalized spacial score (nSPS) is 21.4. The molecule has 1 aliphatic rings. The van der Waals surface area contributed by atoms with Crippen molar-refractivity contribution < 1.29 is 49.0 Å². The number of rotatable bonds is 33. The minimum Gasteiger partial charge on any atom is -0.462 e. The lowest BCUT2D eigenvalue weighted by molar-refractivity contribution is -0.305. The number of carbonyl (C=O) groups excluding carboxylic acids is 2. The van der Waals surface area contributed by atoms with Crippen LogP contribution in [0.5, 0.6) is 0 Å². The summed E-state index contributed by atoms with van der Waals surface area (Å²) in [5, 5.41) is 39.9. The van der Waals surface area contributed by atoms with Crippen molar-refractivity contribution in [1.82, 2.24) is 0 Å². The van der Waals surface area contributed by atoms with Crippen LogP contribution < -0.4 is 0 Å². The van der Waals surface area contributed by atoms with Gasteiger partial charge in [-0.05, 0) is 38.5 Å². The monoisotopic (exact) mass is 715 g/mol. The van der Waals surface area contributed by atoms with E-state index in [1.54, 1.807) is 0 Å². The summed E-state index contributed by atoms with van der Waals surface area (Å²) in [4.78, 5) is 25.2. The molecule has 0 aromatic rings. The fourth-order valence-electron chi connectivity index (χ4n) is 6.12. The van der Waals surface area contributed by atoms with E-state index in [-0.39, 0.29) is 32.0 Å². The molecule has 6 atom stereocenters. The highest BCUT2D eigenvalue weighted by Crippen LogP contribution is 2.22. The SMILES string of the molecule is CCCCCC/C=C\CCCCCCCC(=O)OC(COC(=O)CCCCCCCCCCCCCC)COC1OC(CO)C(O)C(O)C1O. The highest BCUT2D eigenvalue weighted by molar-refractivity contribution is 5.70. The van der Waals surface area contributed by atoms with E-state index < -0.39 is 49.4 Å². The van der Waals surface area contributed by atoms with E-state index in [0.29, 0.717) is 6.42 Å². The molecule has 1 saturated heterocycles. The third-order valence-corrected chi connectivity index (χ3v) is 9.40. The zero-order valence-corrected chi connectivity index (χ0v) is 31.7. The predicted molar refractivity (Wildman–Crippen MR) is 196 cm³/mol. The van der Waals surface area contributed by atoms with Gasteiger partial charge in [-0.2, -0.15) is 0 Å². The number of aliphatic hydroxyl groups excluding tert-OH is 4. The number of ether oxygens (including phenoxy) is 4. The highest BCUT2D eigenvalue weighted by Gasteiger charge is 2.44. The van der Waals surface area contributed by atoms with Crippen LogP contribution in [-0.2, 0) is 28.5 Å². The number of unbranched alkanes of at least 4 members (excludes halogenated alkanes) is 20. The van der Waals surface area contributed by atoms with Crippen molar-refractivity contribution in [2.45, 2.75) is 211 Å². The van der Waals surface area contributed by atoms with Crippen LogP contribution in [-0.4, -0.2) is 89.0 Å². The summed E-state index contributed by atoms with van der Waals surface area (Å²) in [6.07, 6.45) is 23.6. The fourth-order valence-corrected chi connectivity index (χ4v) is 6.12. The Morgan fingerprint density at radius 3 is 1.58 bits per heavy atom. The molecule has 0 bridgehead atoms. The maximum Gasteiger partial charge on any atom is 0.306 e. The van der Waals surface area contributed by atoms with E-state index >= 15 is 0 Å². The van der Waals surface area contributed by atoms with Crippen LogP contribution in [0.4, 0.5) is 0 Å². The van der Waals surface area contributed by atoms with Crippen LogP contribution in [0.1, 0.15) is 174 Å². The van der Waals surface area contributed by atoms with Gasteiger partial charge >= 0.3 is 11.9 Å². The molecule has 0 aromatic carbocycles. The number of allylic oxidation sites excluding steroid dienone is 2. The molecule has 1 heterocycles. The van der Waals surface area contributed by atoms with Crippen LogP contribution in [0.25, 0.3) is 0 Å². The average Bonchev–Trinajstić information content (AvgIpc) is 3.11. The molecule has 0 aliphatic carbocycles. The van der Waals surface area contributed by atoms with Gasteiger partial charge in [0.25, 0.3) is 0 Å². The Morgan fingerprint density at radius 1 is 0.600 bits per heavy atom. The van der Waals surface area contributed by atoms with Crippen LogP contribution in [0.15, 0.2) is 12.2 Å². The largest absolute Gasteiger partial charge is 0.462 e. The summed E-state index contributed by atoms with van der Waals surface area (Å²) >= 11 is 0. The van der Waals surface area contributed by atoms with Gasteiger partial charge < -0.3 is 39.4 Å². The minimum absolute atomic E-state index is 0.216. The molecule has 294 valence electrons. The van der Waals surface area contributed by atoms with E-state index in [1.165, 1.54) is 83.5 Å². The summed E-state index contributed by atoms with van der Waals surface area (Å²) in [7, 11) is 0. The van der Waals surface area contributed by atoms with Crippen molar-refractivity contribution in [3.05, 3.63) is 12.2 Å². The first-order chi connectivity index (χ1) is 24.3. The molecular weight excluding hydrogens is 640 g/mol. The van der Waals surface area contributed by atoms with E-state index in [2.05, 4.69) is 26.0 Å². The van der Waals surface area contributed by atoms with Crippen LogP contribution in [0.2, 0.25) is 0 Å². The lowest BCUT2D eigenvalue weighted by atomic mass is 9.99. The Morgan fingerprint density at radius 2 is 1.06 bits per heavy atom. The Bertz CT molecular complexity index is 835. The maximum atomic E-state index is 12.7. The lowest BCUT2D eigenvalue weighted by Gasteiger charge is -2.39. The molecule has 50 heavy (non-hydrogen) atoms. The Labute approximate surface area is 303 Å². The standard InChI is InChI=1S/C40H74O10/c1-3-5-7-9-11-13-15-17-19-21-23-25-27-29-36(43)49-33(32-48-40-39(46)38(45)37(44)34(30-41)50-40)31-47-35(42)28-26-24-22-20-18-16-14-12-10-8-6-4-2/h13,15,33-34,37-41,44-46H,3-12,14,16-32H2,1-2H3/b15-13-. The van der Waals surface area contributed by atoms with Gasteiger partial charge in [0, 0.05) is 12.8 Å². The Hall–Kier alpha value is -1.56. The van der Waals surface area contributed by atoms with Gasteiger partial charge in [0.15, 0.2) is 12.4 Å². The smallest absolute Gasteiger partial charge is 0.306 e. The molecule has 0 amide bonds. The van der Waals surface area contributed by atoms with Gasteiger partial charge in [0.2, 0.25) is 0 Å². The van der Waals surface area contributed by atoms with Gasteiger partial charge in [-0.25, -0.2) is 0 Å². The van der Waals surface area contributed by atoms with Gasteiger partial charge in [-0.3, -0.25) is 9.59 Å². The predicted octanol–water partition coefficient (Wildman–Crippen LogP) is 7.61. The first kappa shape index (κ1) is 46.5. The molecule has 0 radical (unpaired) electrons. The third-order valence-electron chi connectivity index (χ3n) is 9.40. The maximum absolute atomic E-state index is 12.7. The molecule has 10 nitrogen and oxygen atoms in total. The number of hydrogen-bond donors (Lipinski definition) is 4. The summed E-state index contributed by atoms with van der Waals surface area (Å²) in [5.41, 5.74) is 0. The van der Waals surface area contributed by atoms with Crippen molar-refractivity contribution in [3.8, 4) is 0 Å². The van der Waals surface area contributed by atoms with Crippen LogP contribution in [0, 0.1) is 0 Å². The molecule has 10 heteroatoms. The Kier molecular flexibility index (Phi) is 29.8. The fraction of sp³-hybridized carbons (Fsp3) is 0.900. The molecule has 0 spiro atoms. The average molecular weight is 715 g/mol. The van der Waals surface area contributed by atoms with Gasteiger partial charge in [-0.1, -0.05) is 135 Å². The number of carbonyl (C=O) groups is 2. The van der Waals surface area contributed by atoms with Gasteiger partial charge in [0.1, 0.15) is 31.0 Å². The first-order valence-electron chi connectivity index (χ1n) is 20.3. The zero-order chi connectivity index (χ0) is 36.7. The topological polar surface area (TPSA) is 152 Å². The molecule has 1 aliphatic heterocycles. The lowest BCUT2D eigenvalue weighted by Crippen LogP contribution is -2.59. The van der Waals surface area contributed by atoms with E-state index in [9.17, 15) is 30.0 Å². The first-order valence-corrected chi connectivity index (χ1v) is 20.3. The summed E-state index contributed by atoms with van der Waals surface area (Å²) in [5.74, 6) is -0.812. The highest BCUT2D eigenvalue weighted by atomic mass is 16.7. The third kappa shape index (κ3) is 23.8. The molecule has 0 aromatic heterocycles. The minimum atomic E-state index is -1.59. The molecule has 1 fully saturated rings. The van der Waals surface area contributed by atoms with Gasteiger partial charge in [-0.15, -0.1) is 0 Å². The van der Waals surface area contributed by atoms with E-state index in [0.717, 1.165) is 57.8 Å². The van der Waals surface area contributed by atoms with E-state index in [1.807, 2.05) is 0 Å². The number of aliphatic hydroxyl groups is 4. The number of esters is 2. The zero-order valence-electron chi connectivity index (χ0n) is 31.7. The molecule has 0 saturated carbocycles. The Balaban J connectivity index is 2.38. The molecular formula is C40H74O10. The van der Waals surface area contributed by atoms with Crippen molar-refractivity contribution >= 4 is 11.9 Å². The van der Waals surface area contributed by atoms with Crippen LogP contribution >= 0.6 is 0 Å². The quantitative estimate of drug-likeness (QED) is 0.0304. The van der Waals surface area contributed by atoms with Gasteiger partial charge in [0.05, 0.1) is 13.2 Å². The molecule has 6 unspecified atom stereocenters. The second-order valence-corrected chi connectivity index (χ2v) is 14.1. The van der Waals surface area contributed by atoms with Crippen molar-refractivity contribution in [2.24, 2.45) is 0 Å². The second-order valence-electron chi connectivity index (χ2n) is 14.1. The van der Waals surface area contributed by atoms with Crippen molar-refractivity contribution in [2.75, 3.05) is 19.8 Å².